The Bertz CT molecular complexity index is 836. The molecule has 3 amide bonds. The van der Waals surface area contributed by atoms with Crippen molar-refractivity contribution in [1.82, 2.24) is 9.80 Å². The molecule has 150 valence electrons. The number of thioether (sulfide) groups is 1. The summed E-state index contributed by atoms with van der Waals surface area (Å²) in [7, 11) is 1.55. The highest BCUT2D eigenvalue weighted by Gasteiger charge is 2.37. The van der Waals surface area contributed by atoms with Gasteiger partial charge >= 0.3 is 0 Å². The van der Waals surface area contributed by atoms with E-state index in [1.165, 1.54) is 0 Å². The molecule has 2 aliphatic rings. The molecule has 0 aliphatic carbocycles. The van der Waals surface area contributed by atoms with Crippen molar-refractivity contribution in [3.8, 4) is 11.5 Å². The number of methoxy groups -OCH3 is 1. The third kappa shape index (κ3) is 4.45. The summed E-state index contributed by atoms with van der Waals surface area (Å²) in [5.74, 6) is 0.583. The molecular formula is C19H21IN2O5S. The summed E-state index contributed by atoms with van der Waals surface area (Å²) >= 11 is 2.99. The predicted molar refractivity (Wildman–Crippen MR) is 115 cm³/mol. The SMILES string of the molecule is CCOc1c(I)cc(/C=C2/SC(=O)N(CC(=O)N3CCCC3)C2=O)cc1OC. The Hall–Kier alpha value is -1.75. The fourth-order valence-corrected chi connectivity index (χ4v) is 4.72. The van der Waals surface area contributed by atoms with E-state index in [2.05, 4.69) is 22.6 Å². The maximum absolute atomic E-state index is 12.7. The summed E-state index contributed by atoms with van der Waals surface area (Å²) in [6.45, 7) is 3.58. The fraction of sp³-hybridized carbons (Fsp3) is 0.421. The van der Waals surface area contributed by atoms with Crippen molar-refractivity contribution in [2.45, 2.75) is 19.8 Å². The normalized spacial score (nSPS) is 18.3. The van der Waals surface area contributed by atoms with Crippen molar-refractivity contribution >= 4 is 57.5 Å². The van der Waals surface area contributed by atoms with Crippen molar-refractivity contribution in [1.29, 1.82) is 0 Å². The number of carbonyl (C=O) groups is 3. The molecule has 3 rings (SSSR count). The summed E-state index contributed by atoms with van der Waals surface area (Å²) in [5, 5.41) is -0.420. The van der Waals surface area contributed by atoms with Crippen LogP contribution in [-0.2, 0) is 9.59 Å². The Morgan fingerprint density at radius 1 is 1.29 bits per heavy atom. The van der Waals surface area contributed by atoms with Gasteiger partial charge in [-0.05, 0) is 77.9 Å². The van der Waals surface area contributed by atoms with E-state index in [0.29, 0.717) is 36.1 Å². The minimum atomic E-state index is -0.439. The van der Waals surface area contributed by atoms with E-state index in [0.717, 1.165) is 38.6 Å². The molecule has 28 heavy (non-hydrogen) atoms. The van der Waals surface area contributed by atoms with Crippen LogP contribution in [0.15, 0.2) is 17.0 Å². The predicted octanol–water partition coefficient (Wildman–Crippen LogP) is 3.36. The Kier molecular flexibility index (Phi) is 6.86. The number of hydrogen-bond donors (Lipinski definition) is 0. The minimum Gasteiger partial charge on any atom is -0.493 e. The first-order valence-corrected chi connectivity index (χ1v) is 10.9. The molecule has 0 N–H and O–H groups in total. The van der Waals surface area contributed by atoms with Gasteiger partial charge in [0.25, 0.3) is 11.1 Å². The van der Waals surface area contributed by atoms with E-state index in [4.69, 9.17) is 9.47 Å². The molecule has 0 bridgehead atoms. The lowest BCUT2D eigenvalue weighted by atomic mass is 10.2. The summed E-state index contributed by atoms with van der Waals surface area (Å²) in [5.41, 5.74) is 0.723. The first kappa shape index (κ1) is 21.0. The summed E-state index contributed by atoms with van der Waals surface area (Å²) in [4.78, 5) is 40.3. The monoisotopic (exact) mass is 516 g/mol. The van der Waals surface area contributed by atoms with Crippen LogP contribution in [0.4, 0.5) is 4.79 Å². The van der Waals surface area contributed by atoms with Gasteiger partial charge in [0.1, 0.15) is 6.54 Å². The van der Waals surface area contributed by atoms with Crippen molar-refractivity contribution in [2.24, 2.45) is 0 Å². The number of hydrogen-bond acceptors (Lipinski definition) is 6. The molecular weight excluding hydrogens is 495 g/mol. The van der Waals surface area contributed by atoms with Crippen LogP contribution in [0.2, 0.25) is 0 Å². The average Bonchev–Trinajstić information content (AvgIpc) is 3.29. The van der Waals surface area contributed by atoms with Gasteiger partial charge < -0.3 is 14.4 Å². The number of amides is 3. The molecule has 1 aromatic rings. The Morgan fingerprint density at radius 3 is 2.64 bits per heavy atom. The van der Waals surface area contributed by atoms with Gasteiger partial charge in [-0.2, -0.15) is 0 Å². The highest BCUT2D eigenvalue weighted by molar-refractivity contribution is 14.1. The lowest BCUT2D eigenvalue weighted by Gasteiger charge is -2.18. The lowest BCUT2D eigenvalue weighted by molar-refractivity contribution is -0.135. The van der Waals surface area contributed by atoms with Gasteiger partial charge in [0, 0.05) is 13.1 Å². The van der Waals surface area contributed by atoms with Crippen LogP contribution < -0.4 is 9.47 Å². The average molecular weight is 516 g/mol. The second-order valence-corrected chi connectivity index (χ2v) is 8.48. The Labute approximate surface area is 181 Å². The van der Waals surface area contributed by atoms with Crippen molar-refractivity contribution < 1.29 is 23.9 Å². The number of imide groups is 1. The van der Waals surface area contributed by atoms with Gasteiger partial charge in [0.05, 0.1) is 22.2 Å². The fourth-order valence-electron chi connectivity index (χ4n) is 3.10. The van der Waals surface area contributed by atoms with Crippen LogP contribution >= 0.6 is 34.4 Å². The third-order valence-electron chi connectivity index (χ3n) is 4.46. The van der Waals surface area contributed by atoms with Gasteiger partial charge in [0.2, 0.25) is 5.91 Å². The zero-order valence-electron chi connectivity index (χ0n) is 15.7. The molecule has 0 saturated carbocycles. The van der Waals surface area contributed by atoms with Gasteiger partial charge in [0.15, 0.2) is 11.5 Å². The quantitative estimate of drug-likeness (QED) is 0.427. The van der Waals surface area contributed by atoms with Crippen molar-refractivity contribution in [3.63, 3.8) is 0 Å². The molecule has 1 aromatic carbocycles. The van der Waals surface area contributed by atoms with Gasteiger partial charge in [-0.3, -0.25) is 19.3 Å². The first-order valence-electron chi connectivity index (χ1n) is 8.98. The van der Waals surface area contributed by atoms with E-state index in [1.807, 2.05) is 13.0 Å². The summed E-state index contributed by atoms with van der Waals surface area (Å²) in [6.07, 6.45) is 3.57. The number of ether oxygens (including phenoxy) is 2. The molecule has 0 atom stereocenters. The number of benzene rings is 1. The molecule has 2 saturated heterocycles. The van der Waals surface area contributed by atoms with Gasteiger partial charge in [-0.1, -0.05) is 0 Å². The zero-order chi connectivity index (χ0) is 20.3. The number of nitrogens with zero attached hydrogens (tertiary/aromatic N) is 2. The van der Waals surface area contributed by atoms with E-state index < -0.39 is 11.1 Å². The molecule has 2 aliphatic heterocycles. The third-order valence-corrected chi connectivity index (χ3v) is 6.17. The first-order chi connectivity index (χ1) is 13.4. The van der Waals surface area contributed by atoms with E-state index in [1.54, 1.807) is 24.2 Å². The molecule has 9 heteroatoms. The molecule has 0 radical (unpaired) electrons. The smallest absolute Gasteiger partial charge is 0.294 e. The number of rotatable bonds is 6. The van der Waals surface area contributed by atoms with E-state index >= 15 is 0 Å². The highest BCUT2D eigenvalue weighted by Crippen LogP contribution is 2.37. The molecule has 2 fully saturated rings. The number of likely N-dealkylation sites (tertiary alicyclic amines) is 1. The van der Waals surface area contributed by atoms with Crippen LogP contribution in [-0.4, -0.2) is 60.2 Å². The molecule has 0 unspecified atom stereocenters. The van der Waals surface area contributed by atoms with Gasteiger partial charge in [-0.15, -0.1) is 0 Å². The van der Waals surface area contributed by atoms with Crippen molar-refractivity contribution in [3.05, 3.63) is 26.2 Å². The van der Waals surface area contributed by atoms with E-state index in [-0.39, 0.29) is 12.5 Å². The standard InChI is InChI=1S/C19H21IN2O5S/c1-3-27-17-13(20)8-12(9-14(17)26-2)10-15-18(24)22(19(25)28-15)11-16(23)21-6-4-5-7-21/h8-10H,3-7,11H2,1-2H3/b15-10+. The van der Waals surface area contributed by atoms with Crippen LogP contribution in [0.3, 0.4) is 0 Å². The van der Waals surface area contributed by atoms with E-state index in [9.17, 15) is 14.4 Å². The minimum absolute atomic E-state index is 0.182. The van der Waals surface area contributed by atoms with Crippen LogP contribution in [0.25, 0.3) is 6.08 Å². The second-order valence-electron chi connectivity index (χ2n) is 6.32. The van der Waals surface area contributed by atoms with Crippen LogP contribution in [0.5, 0.6) is 11.5 Å². The maximum atomic E-state index is 12.7. The molecule has 0 aromatic heterocycles. The number of halogens is 1. The van der Waals surface area contributed by atoms with Crippen molar-refractivity contribution in [2.75, 3.05) is 33.4 Å². The largest absolute Gasteiger partial charge is 0.493 e. The lowest BCUT2D eigenvalue weighted by Crippen LogP contribution is -2.40. The highest BCUT2D eigenvalue weighted by atomic mass is 127. The maximum Gasteiger partial charge on any atom is 0.294 e. The molecule has 7 nitrogen and oxygen atoms in total. The topological polar surface area (TPSA) is 76.2 Å². The molecule has 2 heterocycles. The Morgan fingerprint density at radius 2 is 2.00 bits per heavy atom. The van der Waals surface area contributed by atoms with Crippen LogP contribution in [0.1, 0.15) is 25.3 Å². The second kappa shape index (κ2) is 9.17. The van der Waals surface area contributed by atoms with Gasteiger partial charge in [-0.25, -0.2) is 0 Å². The zero-order valence-corrected chi connectivity index (χ0v) is 18.7. The van der Waals surface area contributed by atoms with Crippen LogP contribution in [0, 0.1) is 3.57 Å². The summed E-state index contributed by atoms with van der Waals surface area (Å²) < 4.78 is 11.8. The summed E-state index contributed by atoms with van der Waals surface area (Å²) in [6, 6.07) is 3.62. The Balaban J connectivity index is 1.79. The number of carbonyl (C=O) groups excluding carboxylic acids is 3. The molecule has 0 spiro atoms.